The second kappa shape index (κ2) is 38.2. The molecule has 25 aromatic carbocycles. The Morgan fingerprint density at radius 2 is 0.419 bits per heavy atom. The van der Waals surface area contributed by atoms with E-state index in [0.29, 0.717) is 0 Å². The van der Waals surface area contributed by atoms with E-state index in [9.17, 15) is 0 Å². The van der Waals surface area contributed by atoms with Crippen molar-refractivity contribution < 1.29 is 4.28 Å². The predicted octanol–water partition coefficient (Wildman–Crippen LogP) is 37.9. The van der Waals surface area contributed by atoms with Gasteiger partial charge in [-0.25, -0.2) is 0 Å². The molecule has 0 spiro atoms. The number of halogens is 3. The molecule has 0 atom stereocenters. The number of nitrogens with one attached hydrogen (secondary N) is 1. The van der Waals surface area contributed by atoms with Gasteiger partial charge in [0.15, 0.2) is 0 Å². The third-order valence-electron chi connectivity index (χ3n) is 24.1. The Balaban J connectivity index is 0.000000122. The van der Waals surface area contributed by atoms with Crippen molar-refractivity contribution in [2.45, 2.75) is 7.43 Å². The van der Waals surface area contributed by atoms with Crippen LogP contribution in [-0.4, -0.2) is 0 Å². The summed E-state index contributed by atoms with van der Waals surface area (Å²) >= 11 is 9.31. The average Bonchev–Trinajstić information content (AvgIpc) is 0.756. The molecule has 3 nitrogen and oxygen atoms in total. The first-order chi connectivity index (χ1) is 63.1. The van der Waals surface area contributed by atoms with Crippen LogP contribution in [0.25, 0.3) is 173 Å². The maximum absolute atomic E-state index is 5.77. The smallest absolute Gasteiger partial charge is 0.0468 e. The maximum atomic E-state index is 5.77. The first-order valence-electron chi connectivity index (χ1n) is 43.1. The van der Waals surface area contributed by atoms with Crippen LogP contribution in [0.5, 0.6) is 0 Å². The van der Waals surface area contributed by atoms with E-state index in [0.717, 1.165) is 43.1 Å². The van der Waals surface area contributed by atoms with E-state index in [1.807, 2.05) is 18.2 Å². The SMILES string of the molecule is Brc1ccc2c(ccc3ccccc32)c1.Brc1ccc2c(ccc3ccccc32)c1.C.Ic1ccc(-c2ccccc2)cc1.Nc1ccc2c(ccc3ccccc32)c1.[HH].[HH].[HH].c1ccc(-c2ccc(N(c3ccc4c(ccc5ccccc54)c3)c3ccc4c(ccc5ccccc54)c3)cc2)cc1.c1ccc2c(c1)ccc1cc(Nc3ccc4c(ccc5ccccc54)c3)ccc12. The topological polar surface area (TPSA) is 41.3 Å². The number of hydrogen-bond acceptors (Lipinski definition) is 3. The molecule has 25 aromatic rings. The zero-order chi connectivity index (χ0) is 86.2. The molecule has 0 aliphatic heterocycles. The van der Waals surface area contributed by atoms with Crippen LogP contribution in [0.2, 0.25) is 0 Å². The summed E-state index contributed by atoms with van der Waals surface area (Å²) in [6.45, 7) is 0. The zero-order valence-corrected chi connectivity index (χ0v) is 75.3. The summed E-state index contributed by atoms with van der Waals surface area (Å²) in [5.41, 5.74) is 17.2. The molecule has 0 bridgehead atoms. The van der Waals surface area contributed by atoms with Crippen LogP contribution < -0.4 is 16.0 Å². The van der Waals surface area contributed by atoms with Gasteiger partial charge >= 0.3 is 0 Å². The number of anilines is 6. The van der Waals surface area contributed by atoms with Crippen molar-refractivity contribution in [1.82, 2.24) is 0 Å². The normalized spacial score (nSPS) is 11.0. The molecule has 0 heterocycles. The van der Waals surface area contributed by atoms with Gasteiger partial charge < -0.3 is 16.0 Å². The molecule has 0 fully saturated rings. The Kier molecular flexibility index (Phi) is 24.8. The average molecular weight is 1900 g/mol. The van der Waals surface area contributed by atoms with Gasteiger partial charge in [-0.15, -0.1) is 0 Å². The quantitative estimate of drug-likeness (QED) is 0.0949. The molecule has 3 N–H and O–H groups in total. The van der Waals surface area contributed by atoms with E-state index >= 15 is 0 Å². The van der Waals surface area contributed by atoms with Crippen molar-refractivity contribution >= 4 is 239 Å². The monoisotopic (exact) mass is 1900 g/mol. The molecule has 0 aromatic heterocycles. The molecule has 0 amide bonds. The van der Waals surface area contributed by atoms with Gasteiger partial charge in [0.1, 0.15) is 0 Å². The summed E-state index contributed by atoms with van der Waals surface area (Å²) in [7, 11) is 0. The standard InChI is InChI=1S/C40H27N.C28H19N.2C14H9Br.C14H11N.C12H9I.CH4.3H2/c1-2-8-28(9-3-1)29-18-20-34(21-19-29)41(35-22-24-39-32(26-35)16-14-30-10-4-6-12-37(30)39)36-23-25-40-33(27-36)17-15-31-11-5-7-13-38(31)40;1-3-7-25-19(5-1)9-11-21-17-23(13-15-27(21)25)29-24-14-16-28-22(18-24)12-10-20-6-2-4-8-26(20)28;3*15-12-7-8-14-11(9-12)6-5-10-3-1-2-4-13(10)14;13-12-8-6-11(7-9-12)10-4-2-1-3-5-10;;;;/h1-27H;1-18,29H;2*1-9H;1-9H,15H2;1-9H;1H4;3*1H. The molecule has 0 saturated carbocycles. The van der Waals surface area contributed by atoms with Gasteiger partial charge in [0.25, 0.3) is 0 Å². The van der Waals surface area contributed by atoms with Crippen LogP contribution in [0.15, 0.2) is 500 Å². The molecular formula is C123H94Br2IN3. The first kappa shape index (κ1) is 83.8. The van der Waals surface area contributed by atoms with Crippen LogP contribution in [0.4, 0.5) is 34.1 Å². The largest absolute Gasteiger partial charge is 0.399 e. The molecular weight excluding hydrogens is 1810 g/mol. The molecule has 0 aliphatic carbocycles. The predicted molar refractivity (Wildman–Crippen MR) is 585 cm³/mol. The molecule has 0 unspecified atom stereocenters. The molecule has 129 heavy (non-hydrogen) atoms. The van der Waals surface area contributed by atoms with Crippen molar-refractivity contribution in [3.63, 3.8) is 0 Å². The van der Waals surface area contributed by atoms with Crippen molar-refractivity contribution in [3.05, 3.63) is 504 Å². The van der Waals surface area contributed by atoms with Gasteiger partial charge in [0.2, 0.25) is 0 Å². The minimum Gasteiger partial charge on any atom is -0.399 e. The Bertz CT molecular complexity index is 7920. The summed E-state index contributed by atoms with van der Waals surface area (Å²) in [6, 6.07) is 175. The first-order valence-corrected chi connectivity index (χ1v) is 45.7. The Labute approximate surface area is 786 Å². The third-order valence-corrected chi connectivity index (χ3v) is 25.8. The van der Waals surface area contributed by atoms with E-state index in [4.69, 9.17) is 5.73 Å². The number of benzene rings is 25. The lowest BCUT2D eigenvalue weighted by atomic mass is 9.99. The van der Waals surface area contributed by atoms with E-state index in [2.05, 4.69) is 538 Å². The summed E-state index contributed by atoms with van der Waals surface area (Å²) in [5, 5.41) is 39.4. The summed E-state index contributed by atoms with van der Waals surface area (Å²) in [6.07, 6.45) is 0. The highest BCUT2D eigenvalue weighted by Gasteiger charge is 2.17. The van der Waals surface area contributed by atoms with Gasteiger partial charge in [0.05, 0.1) is 0 Å². The third kappa shape index (κ3) is 18.4. The van der Waals surface area contributed by atoms with Gasteiger partial charge in [-0.2, -0.15) is 0 Å². The van der Waals surface area contributed by atoms with E-state index in [-0.39, 0.29) is 11.7 Å². The van der Waals surface area contributed by atoms with Gasteiger partial charge in [-0.1, -0.05) is 421 Å². The summed E-state index contributed by atoms with van der Waals surface area (Å²) < 4.78 is 3.54. The fourth-order valence-corrected chi connectivity index (χ4v) is 18.9. The van der Waals surface area contributed by atoms with Crippen LogP contribution in [0.3, 0.4) is 0 Å². The Morgan fingerprint density at radius 3 is 0.744 bits per heavy atom. The van der Waals surface area contributed by atoms with Crippen LogP contribution in [-0.2, 0) is 0 Å². The highest BCUT2D eigenvalue weighted by molar-refractivity contribution is 14.1. The van der Waals surface area contributed by atoms with Crippen molar-refractivity contribution in [2.24, 2.45) is 0 Å². The van der Waals surface area contributed by atoms with Crippen LogP contribution in [0.1, 0.15) is 11.7 Å². The fourth-order valence-electron chi connectivity index (χ4n) is 17.8. The van der Waals surface area contributed by atoms with E-state index < -0.39 is 0 Å². The van der Waals surface area contributed by atoms with E-state index in [1.165, 1.54) is 177 Å². The highest BCUT2D eigenvalue weighted by Crippen LogP contribution is 2.42. The van der Waals surface area contributed by atoms with Gasteiger partial charge in [0, 0.05) is 50.9 Å². The lowest BCUT2D eigenvalue weighted by Crippen LogP contribution is -2.10. The second-order valence-corrected chi connectivity index (χ2v) is 35.2. The zero-order valence-electron chi connectivity index (χ0n) is 69.9. The second-order valence-electron chi connectivity index (χ2n) is 32.1. The fraction of sp³-hybridized carbons (Fsp3) is 0.00813. The molecule has 6 heteroatoms. The number of nitrogen functional groups attached to an aromatic ring is 1. The molecule has 25 rings (SSSR count). The minimum atomic E-state index is 0. The lowest BCUT2D eigenvalue weighted by molar-refractivity contribution is 1.29. The lowest BCUT2D eigenvalue weighted by Gasteiger charge is -2.26. The minimum absolute atomic E-state index is 0. The molecule has 622 valence electrons. The highest BCUT2D eigenvalue weighted by atomic mass is 127. The van der Waals surface area contributed by atoms with Gasteiger partial charge in [-0.05, 0) is 305 Å². The van der Waals surface area contributed by atoms with Gasteiger partial charge in [-0.3, -0.25) is 0 Å². The number of fused-ring (bicyclic) bond motifs is 21. The van der Waals surface area contributed by atoms with Crippen molar-refractivity contribution in [3.8, 4) is 22.3 Å². The summed E-state index contributed by atoms with van der Waals surface area (Å²) in [5.74, 6) is 0. The number of hydrogen-bond donors (Lipinski definition) is 2. The maximum Gasteiger partial charge on any atom is 0.0468 e. The molecule has 0 saturated heterocycles. The number of rotatable bonds is 7. The van der Waals surface area contributed by atoms with Crippen molar-refractivity contribution in [2.75, 3.05) is 16.0 Å². The molecule has 0 radical (unpaired) electrons. The van der Waals surface area contributed by atoms with Crippen LogP contribution >= 0.6 is 54.5 Å². The Morgan fingerprint density at radius 1 is 0.194 bits per heavy atom. The molecule has 0 aliphatic rings. The van der Waals surface area contributed by atoms with Crippen molar-refractivity contribution in [1.29, 1.82) is 0 Å². The Hall–Kier alpha value is -14.8. The number of nitrogens with zero attached hydrogens (tertiary/aromatic N) is 1. The number of nitrogens with two attached hydrogens (primary N) is 1. The van der Waals surface area contributed by atoms with E-state index in [1.54, 1.807) is 0 Å². The summed E-state index contributed by atoms with van der Waals surface area (Å²) in [4.78, 5) is 2.37. The van der Waals surface area contributed by atoms with Crippen LogP contribution in [0, 0.1) is 3.57 Å².